The van der Waals surface area contributed by atoms with Crippen LogP contribution in [0.1, 0.15) is 61.8 Å². The van der Waals surface area contributed by atoms with E-state index in [9.17, 15) is 14.0 Å². The molecule has 1 N–H and O–H groups in total. The number of benzene rings is 2. The van der Waals surface area contributed by atoms with Crippen LogP contribution in [0.15, 0.2) is 42.5 Å². The molecule has 5 nitrogen and oxygen atoms in total. The van der Waals surface area contributed by atoms with Gasteiger partial charge in [0.15, 0.2) is 0 Å². The van der Waals surface area contributed by atoms with Gasteiger partial charge in [-0.3, -0.25) is 9.69 Å². The second kappa shape index (κ2) is 13.4. The Bertz CT molecular complexity index is 952. The molecule has 2 aromatic carbocycles. The smallest absolute Gasteiger partial charge is 0.324 e. The number of rotatable bonds is 8. The highest BCUT2D eigenvalue weighted by Gasteiger charge is 2.28. The average molecular weight is 482 g/mol. The molecule has 0 saturated carbocycles. The van der Waals surface area contributed by atoms with Crippen molar-refractivity contribution in [3.8, 4) is 0 Å². The van der Waals surface area contributed by atoms with Gasteiger partial charge in [-0.05, 0) is 86.0 Å². The normalized spacial score (nSPS) is 16.7. The molecule has 35 heavy (non-hydrogen) atoms. The Kier molecular flexibility index (Phi) is 10.3. The maximum atomic E-state index is 12.8. The number of halogens is 1. The number of nitrogens with zero attached hydrogens (tertiary/aromatic N) is 2. The quantitative estimate of drug-likeness (QED) is 0.507. The fourth-order valence-corrected chi connectivity index (χ4v) is 4.76. The number of urea groups is 1. The third-order valence-corrected chi connectivity index (χ3v) is 7.12. The molecular formula is C29H40FN3O2. The van der Waals surface area contributed by atoms with Crippen LogP contribution >= 0.6 is 0 Å². The van der Waals surface area contributed by atoms with Gasteiger partial charge in [-0.2, -0.15) is 0 Å². The van der Waals surface area contributed by atoms with Crippen LogP contribution in [-0.2, 0) is 24.2 Å². The molecule has 0 unspecified atom stereocenters. The number of hydrogen-bond donors (Lipinski definition) is 1. The van der Waals surface area contributed by atoms with Crippen molar-refractivity contribution in [1.82, 2.24) is 15.1 Å². The molecule has 6 heteroatoms. The van der Waals surface area contributed by atoms with Crippen molar-refractivity contribution in [2.75, 3.05) is 26.2 Å². The molecule has 0 aliphatic carbocycles. The van der Waals surface area contributed by atoms with Crippen LogP contribution in [0.2, 0.25) is 0 Å². The second-order valence-corrected chi connectivity index (χ2v) is 9.72. The summed E-state index contributed by atoms with van der Waals surface area (Å²) in [6, 6.07) is 12.8. The first-order valence-electron chi connectivity index (χ1n) is 13.0. The van der Waals surface area contributed by atoms with Crippen molar-refractivity contribution in [1.29, 1.82) is 0 Å². The number of amides is 3. The van der Waals surface area contributed by atoms with Gasteiger partial charge >= 0.3 is 6.03 Å². The Balaban J connectivity index is 0.000000196. The molecule has 2 heterocycles. The van der Waals surface area contributed by atoms with Gasteiger partial charge in [0.2, 0.25) is 5.91 Å². The Morgan fingerprint density at radius 3 is 2.23 bits per heavy atom. The van der Waals surface area contributed by atoms with E-state index in [4.69, 9.17) is 0 Å². The fraction of sp³-hybridized carbons (Fsp3) is 0.517. The molecule has 2 saturated heterocycles. The van der Waals surface area contributed by atoms with Crippen molar-refractivity contribution >= 4 is 11.9 Å². The van der Waals surface area contributed by atoms with E-state index in [2.05, 4.69) is 43.1 Å². The van der Waals surface area contributed by atoms with E-state index in [1.165, 1.54) is 53.9 Å². The van der Waals surface area contributed by atoms with E-state index in [1.54, 1.807) is 12.1 Å². The van der Waals surface area contributed by atoms with Crippen molar-refractivity contribution in [3.05, 3.63) is 70.5 Å². The minimum Gasteiger partial charge on any atom is -0.329 e. The monoisotopic (exact) mass is 481 g/mol. The predicted octanol–water partition coefficient (Wildman–Crippen LogP) is 5.49. The molecule has 0 aromatic heterocycles. The first-order chi connectivity index (χ1) is 16.9. The van der Waals surface area contributed by atoms with Crippen molar-refractivity contribution < 1.29 is 14.0 Å². The van der Waals surface area contributed by atoms with Crippen molar-refractivity contribution in [2.24, 2.45) is 5.92 Å². The summed E-state index contributed by atoms with van der Waals surface area (Å²) in [5.74, 6) is 0.643. The summed E-state index contributed by atoms with van der Waals surface area (Å²) < 4.78 is 12.8. The van der Waals surface area contributed by atoms with Crippen molar-refractivity contribution in [2.45, 2.75) is 65.8 Å². The number of hydrogen-bond acceptors (Lipinski definition) is 3. The number of aryl methyl sites for hydroxylation is 2. The third kappa shape index (κ3) is 8.17. The number of carbonyl (C=O) groups is 2. The van der Waals surface area contributed by atoms with Gasteiger partial charge in [-0.15, -0.1) is 0 Å². The van der Waals surface area contributed by atoms with Gasteiger partial charge in [-0.1, -0.05) is 57.0 Å². The van der Waals surface area contributed by atoms with Crippen LogP contribution in [0, 0.1) is 18.7 Å². The lowest BCUT2D eigenvalue weighted by Crippen LogP contribution is -2.34. The maximum Gasteiger partial charge on any atom is 0.324 e. The molecule has 0 bridgehead atoms. The number of carbonyl (C=O) groups excluding carboxylic acids is 2. The minimum absolute atomic E-state index is 0.117. The van der Waals surface area contributed by atoms with E-state index in [0.717, 1.165) is 37.3 Å². The van der Waals surface area contributed by atoms with Gasteiger partial charge in [0.1, 0.15) is 5.82 Å². The highest BCUT2D eigenvalue weighted by molar-refractivity contribution is 6.01. The second-order valence-electron chi connectivity index (χ2n) is 9.72. The van der Waals surface area contributed by atoms with Gasteiger partial charge in [0, 0.05) is 6.54 Å². The third-order valence-electron chi connectivity index (χ3n) is 7.12. The van der Waals surface area contributed by atoms with E-state index in [0.29, 0.717) is 6.54 Å². The van der Waals surface area contributed by atoms with E-state index in [-0.39, 0.29) is 24.3 Å². The zero-order chi connectivity index (χ0) is 25.2. The number of piperidine rings is 1. The van der Waals surface area contributed by atoms with Crippen LogP contribution in [0.4, 0.5) is 9.18 Å². The summed E-state index contributed by atoms with van der Waals surface area (Å²) in [5.41, 5.74) is 4.79. The Hall–Kier alpha value is -2.73. The highest BCUT2D eigenvalue weighted by Crippen LogP contribution is 2.20. The minimum atomic E-state index is -0.296. The van der Waals surface area contributed by atoms with Gasteiger partial charge in [0.25, 0.3) is 0 Å². The molecule has 4 rings (SSSR count). The molecule has 0 radical (unpaired) electrons. The molecule has 2 fully saturated rings. The Morgan fingerprint density at radius 1 is 0.971 bits per heavy atom. The molecular weight excluding hydrogens is 441 g/mol. The van der Waals surface area contributed by atoms with E-state index in [1.807, 2.05) is 18.2 Å². The first-order valence-corrected chi connectivity index (χ1v) is 13.0. The molecule has 190 valence electrons. The number of likely N-dealkylation sites (tertiary alicyclic amines) is 1. The van der Waals surface area contributed by atoms with Crippen LogP contribution in [0.5, 0.6) is 0 Å². The zero-order valence-electron chi connectivity index (χ0n) is 21.5. The molecule has 2 aliphatic rings. The van der Waals surface area contributed by atoms with E-state index < -0.39 is 0 Å². The van der Waals surface area contributed by atoms with Crippen molar-refractivity contribution in [3.63, 3.8) is 0 Å². The summed E-state index contributed by atoms with van der Waals surface area (Å²) in [6.07, 6.45) is 7.24. The molecule has 2 aromatic rings. The standard InChI is InChI=1S/C15H22FN.C14H18N2O2/c1-2-13-7-10-17(11-8-13)12-9-14-3-5-15(16)6-4-14;1-3-4-12-6-5-11(7-10(12)2)9-16-13(17)8-15-14(16)18/h3-6,13H,2,7-12H2,1H3;5-7H,3-4,8-9H2,1-2H3,(H,15,18). The molecule has 2 aliphatic heterocycles. The number of nitrogens with one attached hydrogen (secondary N) is 1. The molecule has 0 atom stereocenters. The first kappa shape index (κ1) is 26.9. The van der Waals surface area contributed by atoms with Crippen LogP contribution in [-0.4, -0.2) is 47.9 Å². The summed E-state index contributed by atoms with van der Waals surface area (Å²) in [6.45, 7) is 10.6. The zero-order valence-corrected chi connectivity index (χ0v) is 21.5. The van der Waals surface area contributed by atoms with Gasteiger partial charge in [-0.25, -0.2) is 9.18 Å². The lowest BCUT2D eigenvalue weighted by Gasteiger charge is -2.31. The Morgan fingerprint density at radius 2 is 1.66 bits per heavy atom. The summed E-state index contributed by atoms with van der Waals surface area (Å²) in [4.78, 5) is 26.7. The molecule has 3 amide bonds. The fourth-order valence-electron chi connectivity index (χ4n) is 4.76. The lowest BCUT2D eigenvalue weighted by molar-refractivity contribution is -0.125. The maximum absolute atomic E-state index is 12.8. The summed E-state index contributed by atoms with van der Waals surface area (Å²) in [5, 5.41) is 2.52. The lowest BCUT2D eigenvalue weighted by atomic mass is 9.94. The number of imide groups is 1. The SMILES string of the molecule is CCC1CCN(CCc2ccc(F)cc2)CC1.CCCc1ccc(CN2C(=O)CNC2=O)cc1C. The highest BCUT2D eigenvalue weighted by atomic mass is 19.1. The van der Waals surface area contributed by atoms with Crippen LogP contribution in [0.25, 0.3) is 0 Å². The summed E-state index contributed by atoms with van der Waals surface area (Å²) >= 11 is 0. The average Bonchev–Trinajstić information content (AvgIpc) is 3.18. The van der Waals surface area contributed by atoms with Gasteiger partial charge in [0.05, 0.1) is 13.1 Å². The Labute approximate surface area is 209 Å². The predicted molar refractivity (Wildman–Crippen MR) is 139 cm³/mol. The largest absolute Gasteiger partial charge is 0.329 e. The molecule has 0 spiro atoms. The van der Waals surface area contributed by atoms with Gasteiger partial charge < -0.3 is 10.2 Å². The topological polar surface area (TPSA) is 52.6 Å². The van der Waals surface area contributed by atoms with E-state index >= 15 is 0 Å². The van der Waals surface area contributed by atoms with Crippen LogP contribution < -0.4 is 5.32 Å². The summed E-state index contributed by atoms with van der Waals surface area (Å²) in [7, 11) is 0. The van der Waals surface area contributed by atoms with Crippen LogP contribution in [0.3, 0.4) is 0 Å².